The molecular weight excluding hydrogens is 298 g/mol. The highest BCUT2D eigenvalue weighted by Gasteiger charge is 2.32. The molecule has 1 aliphatic heterocycles. The molecule has 1 saturated heterocycles. The van der Waals surface area contributed by atoms with Gasteiger partial charge in [0.05, 0.1) is 5.69 Å². The third-order valence-electron chi connectivity index (χ3n) is 5.14. The molecule has 4 nitrogen and oxygen atoms in total. The lowest BCUT2D eigenvalue weighted by molar-refractivity contribution is 0.0493. The van der Waals surface area contributed by atoms with Gasteiger partial charge in [0.25, 0.3) is 5.91 Å². The van der Waals surface area contributed by atoms with Gasteiger partial charge in [0.1, 0.15) is 0 Å². The predicted molar refractivity (Wildman–Crippen MR) is 93.0 cm³/mol. The molecule has 2 aliphatic rings. The summed E-state index contributed by atoms with van der Waals surface area (Å²) in [5.74, 6) is 0.595. The summed E-state index contributed by atoms with van der Waals surface area (Å²) in [5, 5.41) is 8.45. The van der Waals surface area contributed by atoms with E-state index in [1.54, 1.807) is 0 Å². The highest BCUT2D eigenvalue weighted by atomic mass is 16.2. The third kappa shape index (κ3) is 3.05. The molecule has 0 atom stereocenters. The maximum atomic E-state index is 12.6. The van der Waals surface area contributed by atoms with E-state index in [0.29, 0.717) is 11.6 Å². The summed E-state index contributed by atoms with van der Waals surface area (Å²) in [7, 11) is 0. The van der Waals surface area contributed by atoms with E-state index in [1.807, 2.05) is 11.0 Å². The average molecular weight is 321 g/mol. The van der Waals surface area contributed by atoms with Crippen LogP contribution in [0.1, 0.15) is 45.7 Å². The highest BCUT2D eigenvalue weighted by Crippen LogP contribution is 2.24. The van der Waals surface area contributed by atoms with Crippen molar-refractivity contribution in [3.63, 3.8) is 0 Å². The van der Waals surface area contributed by atoms with Crippen LogP contribution in [0.15, 0.2) is 30.3 Å². The van der Waals surface area contributed by atoms with E-state index in [-0.39, 0.29) is 5.91 Å². The fourth-order valence-corrected chi connectivity index (χ4v) is 3.79. The lowest BCUT2D eigenvalue weighted by Crippen LogP contribution is -2.51. The monoisotopic (exact) mass is 321 g/mol. The Morgan fingerprint density at radius 1 is 1.17 bits per heavy atom. The molecule has 1 fully saturated rings. The van der Waals surface area contributed by atoms with Gasteiger partial charge in [0.2, 0.25) is 0 Å². The number of fused-ring (bicyclic) bond motifs is 1. The number of hydrogen-bond donors (Lipinski definition) is 0. The second kappa shape index (κ2) is 6.34. The van der Waals surface area contributed by atoms with Crippen LogP contribution in [0.4, 0.5) is 0 Å². The summed E-state index contributed by atoms with van der Waals surface area (Å²) in [5.41, 5.74) is 5.48. The molecule has 24 heavy (non-hydrogen) atoms. The largest absolute Gasteiger partial charge is 0.337 e. The molecule has 4 heteroatoms. The molecule has 0 N–H and O–H groups in total. The zero-order valence-corrected chi connectivity index (χ0v) is 14.2. The Bertz CT molecular complexity index is 765. The van der Waals surface area contributed by atoms with Crippen molar-refractivity contribution in [2.75, 3.05) is 13.1 Å². The lowest BCUT2D eigenvalue weighted by atomic mass is 9.91. The quantitative estimate of drug-likeness (QED) is 0.873. The van der Waals surface area contributed by atoms with Crippen molar-refractivity contribution in [2.45, 2.75) is 39.0 Å². The Morgan fingerprint density at radius 3 is 2.83 bits per heavy atom. The number of carbonyl (C=O) groups excluding carboxylic acids is 1. The first-order chi connectivity index (χ1) is 11.7. The van der Waals surface area contributed by atoms with Crippen molar-refractivity contribution in [2.24, 2.45) is 5.92 Å². The second-order valence-corrected chi connectivity index (χ2v) is 7.18. The minimum atomic E-state index is 0.0383. The van der Waals surface area contributed by atoms with Crippen molar-refractivity contribution in [1.29, 1.82) is 0 Å². The van der Waals surface area contributed by atoms with Crippen LogP contribution in [0.5, 0.6) is 0 Å². The zero-order chi connectivity index (χ0) is 16.5. The summed E-state index contributed by atoms with van der Waals surface area (Å²) in [4.78, 5) is 14.5. The molecule has 124 valence electrons. The number of aromatic nitrogens is 2. The molecule has 1 aliphatic carbocycles. The number of carbonyl (C=O) groups is 1. The molecule has 0 unspecified atom stereocenters. The summed E-state index contributed by atoms with van der Waals surface area (Å²) < 4.78 is 0. The Hall–Kier alpha value is -2.23. The van der Waals surface area contributed by atoms with Crippen molar-refractivity contribution < 1.29 is 4.79 Å². The number of likely N-dealkylation sites (tertiary alicyclic amines) is 1. The number of nitrogens with zero attached hydrogens (tertiary/aromatic N) is 3. The predicted octanol–water partition coefficient (Wildman–Crippen LogP) is 2.98. The Kier molecular flexibility index (Phi) is 4.05. The first-order valence-electron chi connectivity index (χ1n) is 8.89. The van der Waals surface area contributed by atoms with Gasteiger partial charge in [-0.3, -0.25) is 4.79 Å². The van der Waals surface area contributed by atoms with Crippen molar-refractivity contribution in [3.05, 3.63) is 58.4 Å². The smallest absolute Gasteiger partial charge is 0.274 e. The van der Waals surface area contributed by atoms with Gasteiger partial charge in [-0.1, -0.05) is 29.8 Å². The van der Waals surface area contributed by atoms with Gasteiger partial charge in [-0.25, -0.2) is 0 Å². The lowest BCUT2D eigenvalue weighted by Gasteiger charge is -2.39. The summed E-state index contributed by atoms with van der Waals surface area (Å²) in [6, 6.07) is 10.6. The number of rotatable bonds is 3. The molecule has 0 bridgehead atoms. The molecule has 0 radical (unpaired) electrons. The van der Waals surface area contributed by atoms with E-state index in [4.69, 9.17) is 0 Å². The van der Waals surface area contributed by atoms with Crippen molar-refractivity contribution in [3.8, 4) is 0 Å². The first-order valence-corrected chi connectivity index (χ1v) is 8.89. The number of hydrogen-bond acceptors (Lipinski definition) is 3. The minimum absolute atomic E-state index is 0.0383. The first kappa shape index (κ1) is 15.3. The molecule has 1 aromatic heterocycles. The second-order valence-electron chi connectivity index (χ2n) is 7.18. The van der Waals surface area contributed by atoms with Gasteiger partial charge >= 0.3 is 0 Å². The van der Waals surface area contributed by atoms with Gasteiger partial charge < -0.3 is 4.90 Å². The SMILES string of the molecule is Cc1cccc(CC2CN(C(=O)c3cc4c(nn3)CCCC4)C2)c1. The van der Waals surface area contributed by atoms with Gasteiger partial charge in [-0.15, -0.1) is 5.10 Å². The number of amides is 1. The maximum absolute atomic E-state index is 12.6. The molecule has 1 amide bonds. The van der Waals surface area contributed by atoms with E-state index >= 15 is 0 Å². The van der Waals surface area contributed by atoms with Crippen molar-refractivity contribution in [1.82, 2.24) is 15.1 Å². The number of benzene rings is 1. The van der Waals surface area contributed by atoms with Gasteiger partial charge in [-0.2, -0.15) is 5.10 Å². The van der Waals surface area contributed by atoms with Crippen molar-refractivity contribution >= 4 is 5.91 Å². The van der Waals surface area contributed by atoms with Crippen LogP contribution in [-0.2, 0) is 19.3 Å². The van der Waals surface area contributed by atoms with Crippen LogP contribution in [0.25, 0.3) is 0 Å². The fraction of sp³-hybridized carbons (Fsp3) is 0.450. The van der Waals surface area contributed by atoms with Gasteiger partial charge in [-0.05, 0) is 62.1 Å². The molecule has 4 rings (SSSR count). The van der Waals surface area contributed by atoms with Crippen LogP contribution in [0.2, 0.25) is 0 Å². The van der Waals surface area contributed by atoms with Crippen LogP contribution >= 0.6 is 0 Å². The Labute approximate surface area is 142 Å². The standard InChI is InChI=1S/C20H23N3O/c1-14-5-4-6-15(9-14)10-16-12-23(13-16)20(24)19-11-17-7-2-3-8-18(17)21-22-19/h4-6,9,11,16H,2-3,7-8,10,12-13H2,1H3. The average Bonchev–Trinajstić information content (AvgIpc) is 2.57. The molecule has 2 heterocycles. The molecular formula is C20H23N3O. The fourth-order valence-electron chi connectivity index (χ4n) is 3.79. The molecule has 0 saturated carbocycles. The van der Waals surface area contributed by atoms with E-state index in [2.05, 4.69) is 41.4 Å². The minimum Gasteiger partial charge on any atom is -0.337 e. The maximum Gasteiger partial charge on any atom is 0.274 e. The molecule has 1 aromatic carbocycles. The van der Waals surface area contributed by atoms with Crippen LogP contribution in [-0.4, -0.2) is 34.1 Å². The Morgan fingerprint density at radius 2 is 2.00 bits per heavy atom. The zero-order valence-electron chi connectivity index (χ0n) is 14.2. The summed E-state index contributed by atoms with van der Waals surface area (Å²) >= 11 is 0. The van der Waals surface area contributed by atoms with Crippen LogP contribution in [0.3, 0.4) is 0 Å². The van der Waals surface area contributed by atoms with E-state index < -0.39 is 0 Å². The molecule has 0 spiro atoms. The van der Waals surface area contributed by atoms with Gasteiger partial charge in [0.15, 0.2) is 5.69 Å². The van der Waals surface area contributed by atoms with E-state index in [1.165, 1.54) is 29.5 Å². The van der Waals surface area contributed by atoms with Crippen LogP contribution in [0, 0.1) is 12.8 Å². The van der Waals surface area contributed by atoms with E-state index in [0.717, 1.165) is 38.0 Å². The van der Waals surface area contributed by atoms with Gasteiger partial charge in [0, 0.05) is 13.1 Å². The summed E-state index contributed by atoms with van der Waals surface area (Å²) in [6.07, 6.45) is 5.44. The Balaban J connectivity index is 1.37. The van der Waals surface area contributed by atoms with E-state index in [9.17, 15) is 4.79 Å². The summed E-state index contributed by atoms with van der Waals surface area (Å²) in [6.45, 7) is 3.77. The highest BCUT2D eigenvalue weighted by molar-refractivity contribution is 5.92. The number of aryl methyl sites for hydroxylation is 3. The molecule has 2 aromatic rings. The van der Waals surface area contributed by atoms with Crippen LogP contribution < -0.4 is 0 Å². The third-order valence-corrected chi connectivity index (χ3v) is 5.14. The normalized spacial score (nSPS) is 17.3. The topological polar surface area (TPSA) is 46.1 Å².